The summed E-state index contributed by atoms with van der Waals surface area (Å²) in [4.78, 5) is 54.7. The van der Waals surface area contributed by atoms with Gasteiger partial charge in [-0.15, -0.1) is 23.1 Å². The average Bonchev–Trinajstić information content (AvgIpc) is 3.20. The molecule has 0 radical (unpaired) electrons. The molecule has 4 N–H and O–H groups in total. The minimum Gasteiger partial charge on any atom is -0.477 e. The number of aliphatic hydroxyl groups excluding tert-OH is 1. The van der Waals surface area contributed by atoms with Crippen LogP contribution in [0.2, 0.25) is 0 Å². The highest BCUT2D eigenvalue weighted by molar-refractivity contribution is 8.00. The van der Waals surface area contributed by atoms with Crippen molar-refractivity contribution in [3.8, 4) is 0 Å². The number of carboxylic acid groups (broad SMARTS) is 1. The maximum absolute atomic E-state index is 13.0. The highest BCUT2D eigenvalue weighted by Gasteiger charge is 2.54. The molecule has 1 fully saturated rings. The first-order valence-corrected chi connectivity index (χ1v) is 12.4. The predicted molar refractivity (Wildman–Crippen MR) is 127 cm³/mol. The maximum Gasteiger partial charge on any atom is 0.413 e. The average molecular weight is 511 g/mol. The number of amides is 3. The number of aliphatic carboxylic acids is 1. The maximum atomic E-state index is 13.0. The van der Waals surface area contributed by atoms with Crippen LogP contribution in [0.1, 0.15) is 39.8 Å². The molecule has 1 aromatic rings. The first-order valence-electron chi connectivity index (χ1n) is 10.4. The van der Waals surface area contributed by atoms with Gasteiger partial charge in [0, 0.05) is 11.1 Å². The molecule has 3 rings (SSSR count). The summed E-state index contributed by atoms with van der Waals surface area (Å²) in [5, 5.41) is 25.4. The zero-order valence-electron chi connectivity index (χ0n) is 19.1. The molecular formula is C21H26N4O7S2. The number of ether oxygens (including phenoxy) is 1. The molecule has 3 amide bonds. The second kappa shape index (κ2) is 10.2. The largest absolute Gasteiger partial charge is 0.477 e. The van der Waals surface area contributed by atoms with Gasteiger partial charge >= 0.3 is 12.1 Å². The van der Waals surface area contributed by atoms with E-state index < -0.39 is 47.5 Å². The van der Waals surface area contributed by atoms with Gasteiger partial charge in [0.25, 0.3) is 11.8 Å². The van der Waals surface area contributed by atoms with E-state index in [0.29, 0.717) is 12.1 Å². The van der Waals surface area contributed by atoms with Gasteiger partial charge in [-0.25, -0.2) is 14.6 Å². The van der Waals surface area contributed by atoms with Crippen molar-refractivity contribution in [3.05, 3.63) is 28.4 Å². The van der Waals surface area contributed by atoms with E-state index in [1.807, 2.05) is 6.92 Å². The molecule has 13 heteroatoms. The molecule has 2 aliphatic heterocycles. The number of hydrogen-bond donors (Lipinski definition) is 4. The van der Waals surface area contributed by atoms with Crippen molar-refractivity contribution in [1.82, 2.24) is 15.2 Å². The van der Waals surface area contributed by atoms with Crippen molar-refractivity contribution < 1.29 is 34.1 Å². The molecular weight excluding hydrogens is 484 g/mol. The van der Waals surface area contributed by atoms with E-state index in [9.17, 15) is 29.4 Å². The number of thioether (sulfide) groups is 1. The van der Waals surface area contributed by atoms with Crippen molar-refractivity contribution in [3.63, 3.8) is 0 Å². The number of hydrogen-bond acceptors (Lipinski definition) is 9. The zero-order chi connectivity index (χ0) is 25.2. The van der Waals surface area contributed by atoms with E-state index in [2.05, 4.69) is 15.6 Å². The number of nitrogens with zero attached hydrogens (tertiary/aromatic N) is 2. The molecule has 2 atom stereocenters. The number of allylic oxidation sites excluding steroid dienone is 1. The minimum absolute atomic E-state index is 0.230. The molecule has 3 heterocycles. The molecule has 34 heavy (non-hydrogen) atoms. The number of carbonyl (C=O) groups excluding carboxylic acids is 3. The van der Waals surface area contributed by atoms with Crippen LogP contribution in [-0.2, 0) is 19.1 Å². The fourth-order valence-corrected chi connectivity index (χ4v) is 5.42. The van der Waals surface area contributed by atoms with E-state index in [1.54, 1.807) is 32.2 Å². The van der Waals surface area contributed by atoms with E-state index >= 15 is 0 Å². The van der Waals surface area contributed by atoms with Crippen LogP contribution in [0.5, 0.6) is 0 Å². The lowest BCUT2D eigenvalue weighted by molar-refractivity contribution is -0.150. The molecule has 1 saturated heterocycles. The number of anilines is 1. The molecule has 1 aromatic heterocycles. The summed E-state index contributed by atoms with van der Waals surface area (Å²) in [7, 11) is 0. The normalized spacial score (nSPS) is 20.4. The summed E-state index contributed by atoms with van der Waals surface area (Å²) in [6.45, 7) is 6.58. The quantitative estimate of drug-likeness (QED) is 0.318. The van der Waals surface area contributed by atoms with E-state index in [-0.39, 0.29) is 27.7 Å². The second-order valence-corrected chi connectivity index (χ2v) is 10.4. The predicted octanol–water partition coefficient (Wildman–Crippen LogP) is 2.01. The number of β-lactam (4-membered cyclic amide) rings is 1. The minimum atomic E-state index is -1.30. The van der Waals surface area contributed by atoms with E-state index in [1.165, 1.54) is 11.8 Å². The molecule has 0 spiro atoms. The van der Waals surface area contributed by atoms with Gasteiger partial charge in [0.1, 0.15) is 22.7 Å². The molecule has 2 unspecified atom stereocenters. The van der Waals surface area contributed by atoms with Gasteiger partial charge in [-0.3, -0.25) is 19.8 Å². The highest BCUT2D eigenvalue weighted by Crippen LogP contribution is 2.40. The standard InChI is InChI=1S/C21H26N4O7S2/c1-5-6-11(12-9-34-19(22-12)24-20(31)32-21(2,3)4)15(27)23-13-16(28)25-14(18(29)30)10(7-26)8-33-17(13)25/h6,9,13,17,26H,5,7-8H2,1-4H3,(H,23,27)(H,29,30)(H,22,24,31)/b11-6-. The summed E-state index contributed by atoms with van der Waals surface area (Å²) in [5.74, 6) is -2.16. The Hall–Kier alpha value is -2.90. The van der Waals surface area contributed by atoms with Crippen molar-refractivity contribution in [2.24, 2.45) is 0 Å². The van der Waals surface area contributed by atoms with Crippen molar-refractivity contribution in [2.75, 3.05) is 17.7 Å². The van der Waals surface area contributed by atoms with Crippen LogP contribution in [0.15, 0.2) is 22.7 Å². The number of thiazole rings is 1. The molecule has 0 aromatic carbocycles. The zero-order valence-corrected chi connectivity index (χ0v) is 20.7. The Morgan fingerprint density at radius 2 is 2.06 bits per heavy atom. The van der Waals surface area contributed by atoms with Crippen molar-refractivity contribution in [2.45, 2.75) is 51.1 Å². The first-order chi connectivity index (χ1) is 16.0. The van der Waals surface area contributed by atoms with Crippen LogP contribution in [0.3, 0.4) is 0 Å². The Balaban J connectivity index is 1.72. The lowest BCUT2D eigenvalue weighted by atomic mass is 10.0. The van der Waals surface area contributed by atoms with Crippen LogP contribution in [-0.4, -0.2) is 73.4 Å². The number of rotatable bonds is 7. The van der Waals surface area contributed by atoms with Crippen LogP contribution in [0, 0.1) is 0 Å². The molecule has 0 aliphatic carbocycles. The van der Waals surface area contributed by atoms with Gasteiger partial charge in [0.2, 0.25) is 0 Å². The van der Waals surface area contributed by atoms with E-state index in [0.717, 1.165) is 16.2 Å². The van der Waals surface area contributed by atoms with Crippen LogP contribution in [0.4, 0.5) is 9.93 Å². The molecule has 0 saturated carbocycles. The van der Waals surface area contributed by atoms with Crippen molar-refractivity contribution >= 4 is 57.7 Å². The first kappa shape index (κ1) is 25.7. The number of nitrogens with one attached hydrogen (secondary N) is 2. The SMILES string of the molecule is CC/C=C(\C(=O)NC1C(=O)N2C(C(=O)O)=C(CO)CSC12)c1csc(NC(=O)OC(C)(C)C)n1. The highest BCUT2D eigenvalue weighted by atomic mass is 32.2. The fourth-order valence-electron chi connectivity index (χ4n) is 3.39. The van der Waals surface area contributed by atoms with Crippen LogP contribution >= 0.6 is 23.1 Å². The topological polar surface area (TPSA) is 158 Å². The third-order valence-electron chi connectivity index (χ3n) is 4.77. The van der Waals surface area contributed by atoms with Gasteiger partial charge in [-0.05, 0) is 32.8 Å². The Morgan fingerprint density at radius 1 is 1.35 bits per heavy atom. The monoisotopic (exact) mass is 510 g/mol. The lowest BCUT2D eigenvalue weighted by Gasteiger charge is -2.49. The number of fused-ring (bicyclic) bond motifs is 1. The molecule has 2 aliphatic rings. The summed E-state index contributed by atoms with van der Waals surface area (Å²) in [5.41, 5.74) is -0.0999. The summed E-state index contributed by atoms with van der Waals surface area (Å²) >= 11 is 2.39. The summed E-state index contributed by atoms with van der Waals surface area (Å²) < 4.78 is 5.20. The smallest absolute Gasteiger partial charge is 0.413 e. The van der Waals surface area contributed by atoms with Gasteiger partial charge in [-0.2, -0.15) is 0 Å². The Labute approximate surface area is 204 Å². The third kappa shape index (κ3) is 5.42. The van der Waals surface area contributed by atoms with Gasteiger partial charge in [0.15, 0.2) is 5.13 Å². The Morgan fingerprint density at radius 3 is 2.65 bits per heavy atom. The summed E-state index contributed by atoms with van der Waals surface area (Å²) in [6, 6.07) is -0.912. The molecule has 0 bridgehead atoms. The lowest BCUT2D eigenvalue weighted by Crippen LogP contribution is -2.70. The summed E-state index contributed by atoms with van der Waals surface area (Å²) in [6.07, 6.45) is 1.50. The van der Waals surface area contributed by atoms with Gasteiger partial charge in [0.05, 0.1) is 17.9 Å². The van der Waals surface area contributed by atoms with Crippen LogP contribution < -0.4 is 10.6 Å². The molecule has 11 nitrogen and oxygen atoms in total. The number of carboxylic acids is 1. The fraction of sp³-hybridized carbons (Fsp3) is 0.476. The third-order valence-corrected chi connectivity index (χ3v) is 6.87. The Kier molecular flexibility index (Phi) is 7.68. The van der Waals surface area contributed by atoms with Crippen molar-refractivity contribution in [1.29, 1.82) is 0 Å². The second-order valence-electron chi connectivity index (χ2n) is 8.47. The van der Waals surface area contributed by atoms with Gasteiger partial charge < -0.3 is 20.3 Å². The number of aliphatic hydroxyl groups is 1. The van der Waals surface area contributed by atoms with Crippen LogP contribution in [0.25, 0.3) is 5.57 Å². The van der Waals surface area contributed by atoms with Gasteiger partial charge in [-0.1, -0.05) is 13.0 Å². The molecule has 184 valence electrons. The Bertz CT molecular complexity index is 1070. The van der Waals surface area contributed by atoms with E-state index in [4.69, 9.17) is 4.74 Å². The number of aromatic nitrogens is 1. The number of carbonyl (C=O) groups is 4.